The average molecular weight is 246 g/mol. The van der Waals surface area contributed by atoms with Crippen molar-refractivity contribution in [3.05, 3.63) is 51.5 Å². The van der Waals surface area contributed by atoms with Gasteiger partial charge in [-0.2, -0.15) is 0 Å². The predicted molar refractivity (Wildman–Crippen MR) is 73.3 cm³/mol. The van der Waals surface area contributed by atoms with Crippen molar-refractivity contribution in [1.82, 2.24) is 10.3 Å². The Morgan fingerprint density at radius 1 is 1.35 bits per heavy atom. The van der Waals surface area contributed by atoms with Crippen molar-refractivity contribution in [2.75, 3.05) is 0 Å². The minimum absolute atomic E-state index is 0.315. The second-order valence-corrected chi connectivity index (χ2v) is 5.33. The van der Waals surface area contributed by atoms with Crippen LogP contribution < -0.4 is 5.32 Å². The third-order valence-corrected chi connectivity index (χ3v) is 3.88. The molecule has 17 heavy (non-hydrogen) atoms. The summed E-state index contributed by atoms with van der Waals surface area (Å²) in [7, 11) is 0. The molecule has 3 heteroatoms. The van der Waals surface area contributed by atoms with Gasteiger partial charge in [-0.05, 0) is 31.9 Å². The van der Waals surface area contributed by atoms with Crippen molar-refractivity contribution in [1.29, 1.82) is 0 Å². The summed E-state index contributed by atoms with van der Waals surface area (Å²) in [6.45, 7) is 7.34. The normalized spacial score (nSPS) is 12.6. The molecule has 1 unspecified atom stereocenters. The topological polar surface area (TPSA) is 24.9 Å². The third-order valence-electron chi connectivity index (χ3n) is 2.92. The van der Waals surface area contributed by atoms with Crippen LogP contribution in [0.1, 0.15) is 34.7 Å². The van der Waals surface area contributed by atoms with Crippen LogP contribution in [0.2, 0.25) is 0 Å². The lowest BCUT2D eigenvalue weighted by atomic mass is 10.1. The fourth-order valence-corrected chi connectivity index (χ4v) is 2.51. The van der Waals surface area contributed by atoms with E-state index in [-0.39, 0.29) is 0 Å². The van der Waals surface area contributed by atoms with Crippen molar-refractivity contribution in [2.24, 2.45) is 0 Å². The highest BCUT2D eigenvalue weighted by Crippen LogP contribution is 2.16. The van der Waals surface area contributed by atoms with Crippen molar-refractivity contribution >= 4 is 11.3 Å². The molecule has 0 aliphatic heterocycles. The number of thiazole rings is 1. The van der Waals surface area contributed by atoms with E-state index in [1.54, 1.807) is 11.3 Å². The number of nitrogens with zero attached hydrogens (tertiary/aromatic N) is 1. The first kappa shape index (κ1) is 12.3. The van der Waals surface area contributed by atoms with E-state index in [4.69, 9.17) is 0 Å². The number of hydrogen-bond acceptors (Lipinski definition) is 3. The number of rotatable bonds is 4. The zero-order chi connectivity index (χ0) is 12.3. The second-order valence-electron chi connectivity index (χ2n) is 4.40. The Kier molecular flexibility index (Phi) is 3.92. The molecule has 0 saturated carbocycles. The monoisotopic (exact) mass is 246 g/mol. The molecule has 0 amide bonds. The molecule has 0 radical (unpaired) electrons. The van der Waals surface area contributed by atoms with Crippen LogP contribution in [0.3, 0.4) is 0 Å². The minimum Gasteiger partial charge on any atom is -0.304 e. The van der Waals surface area contributed by atoms with E-state index in [9.17, 15) is 0 Å². The molecule has 0 aliphatic rings. The molecule has 1 N–H and O–H groups in total. The molecule has 90 valence electrons. The van der Waals surface area contributed by atoms with Gasteiger partial charge in [-0.3, -0.25) is 0 Å². The zero-order valence-corrected chi connectivity index (χ0v) is 11.3. The van der Waals surface area contributed by atoms with Crippen molar-refractivity contribution in [3.63, 3.8) is 0 Å². The molecule has 1 heterocycles. The number of benzene rings is 1. The summed E-state index contributed by atoms with van der Waals surface area (Å²) in [5.74, 6) is 0. The first-order valence-electron chi connectivity index (χ1n) is 5.85. The predicted octanol–water partition coefficient (Wildman–Crippen LogP) is 3.61. The van der Waals surface area contributed by atoms with Crippen LogP contribution in [-0.2, 0) is 6.54 Å². The van der Waals surface area contributed by atoms with Crippen molar-refractivity contribution in [3.8, 4) is 0 Å². The Hall–Kier alpha value is -1.19. The molecular weight excluding hydrogens is 228 g/mol. The average Bonchev–Trinajstić information content (AvgIpc) is 2.81. The van der Waals surface area contributed by atoms with Crippen LogP contribution in [0.5, 0.6) is 0 Å². The standard InChI is InChI=1S/C14H18N2S/c1-10-4-5-13(11(2)8-10)9-16-12(3)14-15-6-7-17-14/h4-8,12,16H,9H2,1-3H3. The van der Waals surface area contributed by atoms with Crippen molar-refractivity contribution < 1.29 is 0 Å². The van der Waals surface area contributed by atoms with Crippen LogP contribution in [0, 0.1) is 13.8 Å². The van der Waals surface area contributed by atoms with Gasteiger partial charge in [0, 0.05) is 18.1 Å². The maximum absolute atomic E-state index is 4.32. The van der Waals surface area contributed by atoms with Crippen molar-refractivity contribution in [2.45, 2.75) is 33.4 Å². The van der Waals surface area contributed by atoms with Gasteiger partial charge < -0.3 is 5.32 Å². The Labute approximate surface area is 107 Å². The molecule has 0 saturated heterocycles. The summed E-state index contributed by atoms with van der Waals surface area (Å²) in [6, 6.07) is 6.91. The van der Waals surface area contributed by atoms with Gasteiger partial charge in [-0.25, -0.2) is 4.98 Å². The van der Waals surface area contributed by atoms with Crippen LogP contribution in [0.15, 0.2) is 29.8 Å². The highest BCUT2D eigenvalue weighted by atomic mass is 32.1. The summed E-state index contributed by atoms with van der Waals surface area (Å²) in [5, 5.41) is 6.68. The number of nitrogens with one attached hydrogen (secondary N) is 1. The van der Waals surface area contributed by atoms with Gasteiger partial charge in [-0.1, -0.05) is 23.8 Å². The summed E-state index contributed by atoms with van der Waals surface area (Å²) in [6.07, 6.45) is 1.86. The van der Waals surface area contributed by atoms with Crippen LogP contribution in [0.4, 0.5) is 0 Å². The fraction of sp³-hybridized carbons (Fsp3) is 0.357. The number of hydrogen-bond donors (Lipinski definition) is 1. The first-order valence-corrected chi connectivity index (χ1v) is 6.73. The molecule has 1 aromatic heterocycles. The number of aryl methyl sites for hydroxylation is 2. The Balaban J connectivity index is 1.98. The van der Waals surface area contributed by atoms with Gasteiger partial charge in [0.2, 0.25) is 0 Å². The lowest BCUT2D eigenvalue weighted by molar-refractivity contribution is 0.570. The highest BCUT2D eigenvalue weighted by Gasteiger charge is 2.07. The Morgan fingerprint density at radius 2 is 2.18 bits per heavy atom. The van der Waals surface area contributed by atoms with E-state index >= 15 is 0 Å². The van der Waals surface area contributed by atoms with E-state index < -0.39 is 0 Å². The minimum atomic E-state index is 0.315. The molecule has 0 aliphatic carbocycles. The van der Waals surface area contributed by atoms with Crippen LogP contribution in [0.25, 0.3) is 0 Å². The quantitative estimate of drug-likeness (QED) is 0.891. The van der Waals surface area contributed by atoms with Gasteiger partial charge in [-0.15, -0.1) is 11.3 Å². The second kappa shape index (κ2) is 5.43. The molecular formula is C14H18N2S. The van der Waals surface area contributed by atoms with Gasteiger partial charge in [0.15, 0.2) is 0 Å². The molecule has 2 nitrogen and oxygen atoms in total. The zero-order valence-electron chi connectivity index (χ0n) is 10.5. The molecule has 2 rings (SSSR count). The Bertz CT molecular complexity index is 477. The highest BCUT2D eigenvalue weighted by molar-refractivity contribution is 7.09. The maximum atomic E-state index is 4.32. The maximum Gasteiger partial charge on any atom is 0.109 e. The summed E-state index contributed by atoms with van der Waals surface area (Å²) >= 11 is 1.70. The van der Waals surface area contributed by atoms with E-state index in [1.807, 2.05) is 11.6 Å². The van der Waals surface area contributed by atoms with E-state index in [2.05, 4.69) is 49.3 Å². The number of aromatic nitrogens is 1. The summed E-state index contributed by atoms with van der Waals surface area (Å²) in [4.78, 5) is 4.32. The van der Waals surface area contributed by atoms with Gasteiger partial charge in [0.25, 0.3) is 0 Å². The van der Waals surface area contributed by atoms with Gasteiger partial charge in [0.05, 0.1) is 6.04 Å². The molecule has 2 aromatic rings. The molecule has 0 fully saturated rings. The molecule has 0 spiro atoms. The van der Waals surface area contributed by atoms with E-state index in [0.717, 1.165) is 11.6 Å². The molecule has 1 atom stereocenters. The van der Waals surface area contributed by atoms with Crippen LogP contribution in [-0.4, -0.2) is 4.98 Å². The first-order chi connectivity index (χ1) is 8.16. The lowest BCUT2D eigenvalue weighted by Gasteiger charge is -2.13. The summed E-state index contributed by atoms with van der Waals surface area (Å²) in [5.41, 5.74) is 4.03. The fourth-order valence-electron chi connectivity index (χ4n) is 1.84. The van der Waals surface area contributed by atoms with Gasteiger partial charge >= 0.3 is 0 Å². The van der Waals surface area contributed by atoms with Crippen LogP contribution >= 0.6 is 11.3 Å². The smallest absolute Gasteiger partial charge is 0.109 e. The largest absolute Gasteiger partial charge is 0.304 e. The lowest BCUT2D eigenvalue weighted by Crippen LogP contribution is -2.18. The van der Waals surface area contributed by atoms with E-state index in [1.165, 1.54) is 16.7 Å². The summed E-state index contributed by atoms with van der Waals surface area (Å²) < 4.78 is 0. The Morgan fingerprint density at radius 3 is 2.82 bits per heavy atom. The van der Waals surface area contributed by atoms with E-state index in [0.29, 0.717) is 6.04 Å². The SMILES string of the molecule is Cc1ccc(CNC(C)c2nccs2)c(C)c1. The molecule has 0 bridgehead atoms. The third kappa shape index (κ3) is 3.14. The molecule has 1 aromatic carbocycles. The van der Waals surface area contributed by atoms with Gasteiger partial charge in [0.1, 0.15) is 5.01 Å².